The highest BCUT2D eigenvalue weighted by Gasteiger charge is 2.31. The molecule has 1 aromatic rings. The zero-order chi connectivity index (χ0) is 11.1. The zero-order valence-electron chi connectivity index (χ0n) is 8.87. The fourth-order valence-corrected chi connectivity index (χ4v) is 3.13. The molecule has 1 amide bonds. The number of rotatable bonds is 0. The highest BCUT2D eigenvalue weighted by atomic mass is 127. The van der Waals surface area contributed by atoms with E-state index in [1.807, 2.05) is 0 Å². The van der Waals surface area contributed by atoms with Crippen molar-refractivity contribution < 1.29 is 4.79 Å². The van der Waals surface area contributed by atoms with E-state index in [1.165, 1.54) is 12.1 Å². The van der Waals surface area contributed by atoms with Gasteiger partial charge in [0.25, 0.3) is 0 Å². The van der Waals surface area contributed by atoms with Gasteiger partial charge in [-0.1, -0.05) is 0 Å². The lowest BCUT2D eigenvalue weighted by Crippen LogP contribution is -2.29. The van der Waals surface area contributed by atoms with Gasteiger partial charge in [0, 0.05) is 22.6 Å². The molecule has 3 rings (SSSR count). The third-order valence-corrected chi connectivity index (χ3v) is 4.01. The van der Waals surface area contributed by atoms with Crippen LogP contribution < -0.4 is 10.2 Å². The van der Waals surface area contributed by atoms with Gasteiger partial charge in [-0.2, -0.15) is 0 Å². The van der Waals surface area contributed by atoms with Crippen LogP contribution in [0.5, 0.6) is 0 Å². The molecule has 0 spiro atoms. The smallest absolute Gasteiger partial charge is 0.226 e. The molecular formula is C12H13IN2O. The first kappa shape index (κ1) is 10.4. The van der Waals surface area contributed by atoms with Gasteiger partial charge < -0.3 is 10.2 Å². The summed E-state index contributed by atoms with van der Waals surface area (Å²) in [5.74, 6) is 0.151. The summed E-state index contributed by atoms with van der Waals surface area (Å²) >= 11 is 2.28. The molecule has 2 aliphatic rings. The molecule has 4 heteroatoms. The molecule has 3 nitrogen and oxygen atoms in total. The second kappa shape index (κ2) is 3.91. The number of hydrogen-bond donors (Lipinski definition) is 1. The normalized spacial score (nSPS) is 23.4. The van der Waals surface area contributed by atoms with Gasteiger partial charge in [0.1, 0.15) is 0 Å². The van der Waals surface area contributed by atoms with Crippen LogP contribution in [0, 0.1) is 3.57 Å². The summed E-state index contributed by atoms with van der Waals surface area (Å²) in [6, 6.07) is 6.68. The van der Waals surface area contributed by atoms with E-state index in [2.05, 4.69) is 51.0 Å². The molecule has 1 unspecified atom stereocenters. The maximum absolute atomic E-state index is 11.8. The van der Waals surface area contributed by atoms with E-state index in [4.69, 9.17) is 0 Å². The Bertz CT molecular complexity index is 447. The summed E-state index contributed by atoms with van der Waals surface area (Å²) < 4.78 is 1.16. The molecule has 1 aromatic carbocycles. The molecule has 0 aliphatic carbocycles. The fourth-order valence-electron chi connectivity index (χ4n) is 2.64. The van der Waals surface area contributed by atoms with Gasteiger partial charge in [0.05, 0.1) is 11.4 Å². The summed E-state index contributed by atoms with van der Waals surface area (Å²) in [5.41, 5.74) is 2.16. The van der Waals surface area contributed by atoms with Crippen molar-refractivity contribution >= 4 is 39.9 Å². The average molecular weight is 328 g/mol. The molecule has 0 bridgehead atoms. The molecule has 0 saturated carbocycles. The molecule has 1 N–H and O–H groups in total. The lowest BCUT2D eigenvalue weighted by atomic mass is 10.1. The van der Waals surface area contributed by atoms with Crippen LogP contribution in [-0.4, -0.2) is 18.5 Å². The number of benzene rings is 1. The van der Waals surface area contributed by atoms with Crippen LogP contribution >= 0.6 is 22.6 Å². The van der Waals surface area contributed by atoms with E-state index < -0.39 is 0 Å². The maximum atomic E-state index is 11.8. The first-order chi connectivity index (χ1) is 7.74. The number of fused-ring (bicyclic) bond motifs is 3. The van der Waals surface area contributed by atoms with Crippen LogP contribution in [0.2, 0.25) is 0 Å². The Balaban J connectivity index is 2.09. The lowest BCUT2D eigenvalue weighted by molar-refractivity contribution is -0.116. The van der Waals surface area contributed by atoms with Gasteiger partial charge in [-0.25, -0.2) is 0 Å². The number of carbonyl (C=O) groups excluding carboxylic acids is 1. The quantitative estimate of drug-likeness (QED) is 0.743. The highest BCUT2D eigenvalue weighted by Crippen LogP contribution is 2.36. The Morgan fingerprint density at radius 3 is 3.19 bits per heavy atom. The molecule has 84 valence electrons. The second-order valence-corrected chi connectivity index (χ2v) is 5.65. The minimum absolute atomic E-state index is 0.151. The monoisotopic (exact) mass is 328 g/mol. The second-order valence-electron chi connectivity index (χ2n) is 4.40. The van der Waals surface area contributed by atoms with Gasteiger partial charge in [0.15, 0.2) is 0 Å². The highest BCUT2D eigenvalue weighted by molar-refractivity contribution is 14.1. The summed E-state index contributed by atoms with van der Waals surface area (Å²) in [5, 5.41) is 3.01. The maximum Gasteiger partial charge on any atom is 0.226 e. The van der Waals surface area contributed by atoms with Crippen molar-refractivity contribution in [1.82, 2.24) is 0 Å². The van der Waals surface area contributed by atoms with Crippen LogP contribution in [0.25, 0.3) is 0 Å². The van der Waals surface area contributed by atoms with Crippen molar-refractivity contribution in [2.45, 2.75) is 25.3 Å². The predicted octanol–water partition coefficient (Wildman–Crippen LogP) is 2.60. The van der Waals surface area contributed by atoms with Crippen molar-refractivity contribution in [2.24, 2.45) is 0 Å². The number of halogens is 1. The Morgan fingerprint density at radius 1 is 1.44 bits per heavy atom. The zero-order valence-corrected chi connectivity index (χ0v) is 11.0. The third kappa shape index (κ3) is 1.69. The molecule has 2 heterocycles. The Labute approximate surface area is 108 Å². The van der Waals surface area contributed by atoms with Crippen LogP contribution in [0.4, 0.5) is 11.4 Å². The summed E-state index contributed by atoms with van der Waals surface area (Å²) in [6.07, 6.45) is 2.97. The third-order valence-electron chi connectivity index (χ3n) is 3.34. The molecule has 2 aliphatic heterocycles. The average Bonchev–Trinajstić information content (AvgIpc) is 2.61. The van der Waals surface area contributed by atoms with Crippen LogP contribution in [0.3, 0.4) is 0 Å². The van der Waals surface area contributed by atoms with Crippen molar-refractivity contribution in [3.8, 4) is 0 Å². The van der Waals surface area contributed by atoms with Crippen LogP contribution in [0.15, 0.2) is 18.2 Å². The van der Waals surface area contributed by atoms with Gasteiger partial charge in [-0.3, -0.25) is 4.79 Å². The first-order valence-electron chi connectivity index (χ1n) is 5.60. The van der Waals surface area contributed by atoms with Crippen LogP contribution in [-0.2, 0) is 4.79 Å². The minimum Gasteiger partial charge on any atom is -0.366 e. The largest absolute Gasteiger partial charge is 0.366 e. The number of nitrogens with zero attached hydrogens (tertiary/aromatic N) is 1. The first-order valence-corrected chi connectivity index (χ1v) is 6.68. The Hall–Kier alpha value is -0.780. The molecule has 1 fully saturated rings. The fraction of sp³-hybridized carbons (Fsp3) is 0.417. The molecule has 16 heavy (non-hydrogen) atoms. The van der Waals surface area contributed by atoms with Gasteiger partial charge in [-0.05, 0) is 53.6 Å². The lowest BCUT2D eigenvalue weighted by Gasteiger charge is -2.24. The number of nitrogens with one attached hydrogen (secondary N) is 1. The van der Waals surface area contributed by atoms with E-state index in [-0.39, 0.29) is 5.91 Å². The number of carbonyl (C=O) groups is 1. The molecule has 1 atom stereocenters. The van der Waals surface area contributed by atoms with Gasteiger partial charge >= 0.3 is 0 Å². The van der Waals surface area contributed by atoms with E-state index in [1.54, 1.807) is 0 Å². The van der Waals surface area contributed by atoms with Gasteiger partial charge in [0.2, 0.25) is 5.91 Å². The molecule has 0 aromatic heterocycles. The number of amides is 1. The number of anilines is 2. The van der Waals surface area contributed by atoms with Crippen molar-refractivity contribution in [2.75, 3.05) is 16.8 Å². The SMILES string of the molecule is O=C1CC2CCCN2c2ccc(I)cc2N1. The number of hydrogen-bond acceptors (Lipinski definition) is 2. The Morgan fingerprint density at radius 2 is 2.31 bits per heavy atom. The topological polar surface area (TPSA) is 32.3 Å². The molecular weight excluding hydrogens is 315 g/mol. The summed E-state index contributed by atoms with van der Waals surface area (Å²) in [4.78, 5) is 14.1. The van der Waals surface area contributed by atoms with Gasteiger partial charge in [-0.15, -0.1) is 0 Å². The van der Waals surface area contributed by atoms with Crippen molar-refractivity contribution in [3.63, 3.8) is 0 Å². The van der Waals surface area contributed by atoms with E-state index >= 15 is 0 Å². The standard InChI is InChI=1S/C12H13IN2O/c13-8-3-4-11-10(6-8)14-12(16)7-9-2-1-5-15(9)11/h3-4,6,9H,1-2,5,7H2,(H,14,16). The van der Waals surface area contributed by atoms with Crippen LogP contribution in [0.1, 0.15) is 19.3 Å². The van der Waals surface area contributed by atoms with Crippen molar-refractivity contribution in [3.05, 3.63) is 21.8 Å². The molecule has 0 radical (unpaired) electrons. The Kier molecular flexibility index (Phi) is 2.53. The van der Waals surface area contributed by atoms with E-state index in [0.29, 0.717) is 12.5 Å². The van der Waals surface area contributed by atoms with E-state index in [9.17, 15) is 4.79 Å². The minimum atomic E-state index is 0.151. The van der Waals surface area contributed by atoms with E-state index in [0.717, 1.165) is 22.2 Å². The molecule has 1 saturated heterocycles. The summed E-state index contributed by atoms with van der Waals surface area (Å²) in [6.45, 7) is 1.08. The van der Waals surface area contributed by atoms with Crippen molar-refractivity contribution in [1.29, 1.82) is 0 Å². The predicted molar refractivity (Wildman–Crippen MR) is 72.8 cm³/mol. The summed E-state index contributed by atoms with van der Waals surface area (Å²) in [7, 11) is 0.